The molecule has 2 aromatic carbocycles. The van der Waals surface area contributed by atoms with Crippen molar-refractivity contribution in [1.29, 1.82) is 0 Å². The molecule has 1 saturated carbocycles. The normalized spacial score (nSPS) is 19.7. The second kappa shape index (κ2) is 10.3. The first-order valence-corrected chi connectivity index (χ1v) is 13.4. The molecule has 10 heteroatoms. The number of aromatic nitrogens is 3. The van der Waals surface area contributed by atoms with Crippen molar-refractivity contribution in [2.75, 3.05) is 28.7 Å². The third-order valence-electron chi connectivity index (χ3n) is 6.72. The summed E-state index contributed by atoms with van der Waals surface area (Å²) in [5, 5.41) is 17.4. The molecule has 0 bridgehead atoms. The Morgan fingerprint density at radius 2 is 1.86 bits per heavy atom. The van der Waals surface area contributed by atoms with Crippen LogP contribution >= 0.6 is 11.3 Å². The van der Waals surface area contributed by atoms with Crippen molar-refractivity contribution < 1.29 is 14.6 Å². The van der Waals surface area contributed by atoms with Gasteiger partial charge >= 0.3 is 6.09 Å². The fourth-order valence-corrected chi connectivity index (χ4v) is 5.70. The van der Waals surface area contributed by atoms with Gasteiger partial charge in [0, 0.05) is 24.2 Å². The fourth-order valence-electron chi connectivity index (χ4n) is 4.80. The standard InChI is InChI=1S/C27H28N6O3S/c34-21-9-6-18(7-10-21)28-25-29-19(14-17-4-2-1-3-5-17)15-24(31-25)32-26-30-22-11-8-20(16-23(22)37-26)33-12-13-36-27(33)35/h1-5,8,11,15-16,18,21,34H,6-7,9-10,12-14H2,(H2,28,29,30,31,32)/t18-,21-. The zero-order valence-corrected chi connectivity index (χ0v) is 21.1. The highest BCUT2D eigenvalue weighted by atomic mass is 32.1. The molecule has 1 saturated heterocycles. The van der Waals surface area contributed by atoms with Crippen LogP contribution in [0.15, 0.2) is 54.6 Å². The summed E-state index contributed by atoms with van der Waals surface area (Å²) in [7, 11) is 0. The van der Waals surface area contributed by atoms with Crippen LogP contribution in [-0.2, 0) is 11.2 Å². The van der Waals surface area contributed by atoms with Gasteiger partial charge in [-0.1, -0.05) is 41.7 Å². The lowest BCUT2D eigenvalue weighted by Crippen LogP contribution is -2.29. The lowest BCUT2D eigenvalue weighted by Gasteiger charge is -2.26. The zero-order valence-electron chi connectivity index (χ0n) is 20.3. The van der Waals surface area contributed by atoms with Crippen molar-refractivity contribution in [2.24, 2.45) is 0 Å². The van der Waals surface area contributed by atoms with Gasteiger partial charge in [-0.15, -0.1) is 0 Å². The molecule has 2 aromatic heterocycles. The van der Waals surface area contributed by atoms with E-state index >= 15 is 0 Å². The molecule has 4 aromatic rings. The van der Waals surface area contributed by atoms with Crippen molar-refractivity contribution in [2.45, 2.75) is 44.2 Å². The van der Waals surface area contributed by atoms with E-state index in [4.69, 9.17) is 19.7 Å². The zero-order chi connectivity index (χ0) is 25.2. The van der Waals surface area contributed by atoms with Crippen molar-refractivity contribution in [3.8, 4) is 0 Å². The van der Waals surface area contributed by atoms with Crippen LogP contribution in [0, 0.1) is 0 Å². The molecule has 0 radical (unpaired) electrons. The molecule has 1 amide bonds. The Morgan fingerprint density at radius 3 is 2.65 bits per heavy atom. The van der Waals surface area contributed by atoms with E-state index in [0.29, 0.717) is 36.5 Å². The largest absolute Gasteiger partial charge is 0.447 e. The monoisotopic (exact) mass is 516 g/mol. The fraction of sp³-hybridized carbons (Fsp3) is 0.333. The van der Waals surface area contributed by atoms with E-state index in [-0.39, 0.29) is 18.2 Å². The number of aliphatic hydroxyl groups is 1. The average Bonchev–Trinajstić information content (AvgIpc) is 3.50. The van der Waals surface area contributed by atoms with Gasteiger partial charge in [-0.25, -0.2) is 14.8 Å². The number of anilines is 4. The van der Waals surface area contributed by atoms with Crippen LogP contribution < -0.4 is 15.5 Å². The summed E-state index contributed by atoms with van der Waals surface area (Å²) in [6.45, 7) is 0.957. The minimum absolute atomic E-state index is 0.212. The number of rotatable bonds is 7. The van der Waals surface area contributed by atoms with E-state index in [1.54, 1.807) is 4.90 Å². The highest BCUT2D eigenvalue weighted by Gasteiger charge is 2.24. The summed E-state index contributed by atoms with van der Waals surface area (Å²) in [5.41, 5.74) is 3.73. The molecule has 3 heterocycles. The Bertz CT molecular complexity index is 1400. The van der Waals surface area contributed by atoms with Gasteiger partial charge in [0.25, 0.3) is 0 Å². The first kappa shape index (κ1) is 23.6. The van der Waals surface area contributed by atoms with Crippen LogP contribution in [-0.4, -0.2) is 51.4 Å². The van der Waals surface area contributed by atoms with Gasteiger partial charge in [-0.2, -0.15) is 4.98 Å². The number of hydrogen-bond donors (Lipinski definition) is 3. The van der Waals surface area contributed by atoms with Gasteiger partial charge in [0.05, 0.1) is 28.6 Å². The average molecular weight is 517 g/mol. The number of hydrogen-bond acceptors (Lipinski definition) is 9. The van der Waals surface area contributed by atoms with Crippen LogP contribution in [0.5, 0.6) is 0 Å². The molecule has 9 nitrogen and oxygen atoms in total. The molecule has 37 heavy (non-hydrogen) atoms. The van der Waals surface area contributed by atoms with Crippen molar-refractivity contribution in [1.82, 2.24) is 15.0 Å². The third kappa shape index (κ3) is 5.50. The van der Waals surface area contributed by atoms with Gasteiger partial charge in [0.15, 0.2) is 5.13 Å². The number of cyclic esters (lactones) is 1. The summed E-state index contributed by atoms with van der Waals surface area (Å²) in [5.74, 6) is 1.25. The van der Waals surface area contributed by atoms with E-state index in [9.17, 15) is 9.90 Å². The van der Waals surface area contributed by atoms with Gasteiger partial charge in [-0.3, -0.25) is 4.90 Å². The number of carbonyl (C=O) groups excluding carboxylic acids is 1. The molecule has 1 aliphatic heterocycles. The second-order valence-electron chi connectivity index (χ2n) is 9.44. The van der Waals surface area contributed by atoms with Crippen LogP contribution in [0.3, 0.4) is 0 Å². The first-order valence-electron chi connectivity index (χ1n) is 12.6. The highest BCUT2D eigenvalue weighted by Crippen LogP contribution is 2.32. The number of nitrogens with one attached hydrogen (secondary N) is 2. The smallest absolute Gasteiger partial charge is 0.414 e. The van der Waals surface area contributed by atoms with Crippen molar-refractivity contribution in [3.63, 3.8) is 0 Å². The summed E-state index contributed by atoms with van der Waals surface area (Å²) in [4.78, 5) is 27.9. The minimum atomic E-state index is -0.318. The van der Waals surface area contributed by atoms with E-state index in [2.05, 4.69) is 22.8 Å². The summed E-state index contributed by atoms with van der Waals surface area (Å²) in [6.07, 6.45) is 3.51. The molecule has 0 unspecified atom stereocenters. The van der Waals surface area contributed by atoms with Gasteiger partial charge in [0.2, 0.25) is 5.95 Å². The maximum atomic E-state index is 12.0. The first-order chi connectivity index (χ1) is 18.1. The lowest BCUT2D eigenvalue weighted by molar-refractivity contribution is 0.126. The SMILES string of the molecule is O=C1OCCN1c1ccc2nc(Nc3cc(Cc4ccccc4)nc(N[C@H]4CC[C@H](O)CC4)n3)sc2c1. The molecule has 190 valence electrons. The number of carbonyl (C=O) groups is 1. The third-order valence-corrected chi connectivity index (χ3v) is 7.65. The molecule has 3 N–H and O–H groups in total. The Morgan fingerprint density at radius 1 is 1.03 bits per heavy atom. The number of benzene rings is 2. The van der Waals surface area contributed by atoms with Crippen molar-refractivity contribution in [3.05, 3.63) is 65.9 Å². The van der Waals surface area contributed by atoms with E-state index in [1.807, 2.05) is 42.5 Å². The van der Waals surface area contributed by atoms with E-state index < -0.39 is 0 Å². The molecule has 2 aliphatic rings. The van der Waals surface area contributed by atoms with Gasteiger partial charge < -0.3 is 20.5 Å². The topological polar surface area (TPSA) is 112 Å². The number of thiazole rings is 1. The van der Waals surface area contributed by atoms with Gasteiger partial charge in [-0.05, 0) is 49.4 Å². The number of nitrogens with zero attached hydrogens (tertiary/aromatic N) is 4. The van der Waals surface area contributed by atoms with E-state index in [1.165, 1.54) is 16.9 Å². The maximum absolute atomic E-state index is 12.0. The van der Waals surface area contributed by atoms with Crippen LogP contribution in [0.25, 0.3) is 10.2 Å². The molecule has 2 fully saturated rings. The summed E-state index contributed by atoms with van der Waals surface area (Å²) >= 11 is 1.51. The lowest BCUT2D eigenvalue weighted by atomic mass is 9.93. The molecule has 1 aliphatic carbocycles. The quantitative estimate of drug-likeness (QED) is 0.311. The Balaban J connectivity index is 1.26. The Labute approximate surface area is 218 Å². The van der Waals surface area contributed by atoms with Crippen LogP contribution in [0.2, 0.25) is 0 Å². The number of aliphatic hydroxyl groups excluding tert-OH is 1. The predicted octanol–water partition coefficient (Wildman–Crippen LogP) is 5.09. The summed E-state index contributed by atoms with van der Waals surface area (Å²) < 4.78 is 6.04. The molecule has 0 atom stereocenters. The molecular formula is C27H28N6O3S. The molecule has 0 spiro atoms. The maximum Gasteiger partial charge on any atom is 0.414 e. The second-order valence-corrected chi connectivity index (χ2v) is 10.5. The molecular weight excluding hydrogens is 488 g/mol. The van der Waals surface area contributed by atoms with E-state index in [0.717, 1.165) is 47.3 Å². The van der Waals surface area contributed by atoms with Crippen LogP contribution in [0.4, 0.5) is 27.4 Å². The number of ether oxygens (including phenoxy) is 1. The predicted molar refractivity (Wildman–Crippen MR) is 145 cm³/mol. The van der Waals surface area contributed by atoms with Gasteiger partial charge in [0.1, 0.15) is 12.4 Å². The minimum Gasteiger partial charge on any atom is -0.447 e. The highest BCUT2D eigenvalue weighted by molar-refractivity contribution is 7.22. The Hall–Kier alpha value is -3.76. The van der Waals surface area contributed by atoms with Crippen LogP contribution in [0.1, 0.15) is 36.9 Å². The molecule has 6 rings (SSSR count). The number of fused-ring (bicyclic) bond motifs is 1. The Kier molecular flexibility index (Phi) is 6.58. The summed E-state index contributed by atoms with van der Waals surface area (Å²) in [6, 6.07) is 18.2. The number of amides is 1. The van der Waals surface area contributed by atoms with Crippen molar-refractivity contribution >= 4 is 50.2 Å².